The fourth-order valence-corrected chi connectivity index (χ4v) is 2.91. The molecule has 102 valence electrons. The van der Waals surface area contributed by atoms with Gasteiger partial charge in [-0.3, -0.25) is 9.78 Å². The molecule has 1 amide bonds. The highest BCUT2D eigenvalue weighted by Crippen LogP contribution is 2.37. The zero-order valence-corrected chi connectivity index (χ0v) is 11.9. The van der Waals surface area contributed by atoms with Crippen molar-refractivity contribution < 1.29 is 4.79 Å². The molecular weight excluding hydrogens is 258 g/mol. The number of hydrogen-bond acceptors (Lipinski definition) is 3. The first kappa shape index (κ1) is 13.9. The molecule has 1 aliphatic carbocycles. The number of amides is 1. The summed E-state index contributed by atoms with van der Waals surface area (Å²) in [5.74, 6) is -0.0784. The second kappa shape index (κ2) is 5.65. The van der Waals surface area contributed by atoms with Crippen LogP contribution < -0.4 is 11.1 Å². The standard InChI is InChI=1S/C14H19N3OS/c1-10-9-11(5-8-16-10)17-13(18)14(12(15)19)6-3-2-4-7-14/h5,8-9H,2-4,6-7H2,1H3,(H2,15,19)(H,16,17,18). The van der Waals surface area contributed by atoms with Gasteiger partial charge in [0.2, 0.25) is 5.91 Å². The van der Waals surface area contributed by atoms with Gasteiger partial charge in [0, 0.05) is 17.6 Å². The molecule has 2 rings (SSSR count). The van der Waals surface area contributed by atoms with E-state index in [0.29, 0.717) is 4.99 Å². The van der Waals surface area contributed by atoms with Crippen LogP contribution in [0.2, 0.25) is 0 Å². The minimum absolute atomic E-state index is 0.0784. The molecule has 0 radical (unpaired) electrons. The lowest BCUT2D eigenvalue weighted by atomic mass is 9.73. The average molecular weight is 277 g/mol. The van der Waals surface area contributed by atoms with E-state index in [9.17, 15) is 4.79 Å². The monoisotopic (exact) mass is 277 g/mol. The van der Waals surface area contributed by atoms with Crippen LogP contribution in [0.4, 0.5) is 5.69 Å². The number of nitrogens with zero attached hydrogens (tertiary/aromatic N) is 1. The third kappa shape index (κ3) is 2.92. The van der Waals surface area contributed by atoms with Crippen molar-refractivity contribution in [3.8, 4) is 0 Å². The van der Waals surface area contributed by atoms with Gasteiger partial charge < -0.3 is 11.1 Å². The molecule has 0 aromatic carbocycles. The van der Waals surface area contributed by atoms with Crippen molar-refractivity contribution in [1.29, 1.82) is 0 Å². The molecule has 0 unspecified atom stereocenters. The van der Waals surface area contributed by atoms with Gasteiger partial charge in [-0.2, -0.15) is 0 Å². The number of aryl methyl sites for hydroxylation is 1. The molecule has 1 aromatic heterocycles. The molecule has 1 aliphatic rings. The Kier molecular flexibility index (Phi) is 4.14. The van der Waals surface area contributed by atoms with Crippen molar-refractivity contribution >= 4 is 28.8 Å². The van der Waals surface area contributed by atoms with Crippen LogP contribution in [0.15, 0.2) is 18.3 Å². The summed E-state index contributed by atoms with van der Waals surface area (Å²) in [4.78, 5) is 17.0. The normalized spacial score (nSPS) is 17.7. The summed E-state index contributed by atoms with van der Waals surface area (Å²) >= 11 is 5.15. The van der Waals surface area contributed by atoms with Crippen LogP contribution in [0.5, 0.6) is 0 Å². The van der Waals surface area contributed by atoms with E-state index in [-0.39, 0.29) is 5.91 Å². The van der Waals surface area contributed by atoms with E-state index in [2.05, 4.69) is 10.3 Å². The number of carbonyl (C=O) groups is 1. The molecule has 1 saturated carbocycles. The molecule has 4 nitrogen and oxygen atoms in total. The molecule has 1 fully saturated rings. The van der Waals surface area contributed by atoms with Crippen molar-refractivity contribution in [2.24, 2.45) is 11.1 Å². The predicted octanol–water partition coefficient (Wildman–Crippen LogP) is 2.57. The van der Waals surface area contributed by atoms with Crippen molar-refractivity contribution in [2.45, 2.75) is 39.0 Å². The van der Waals surface area contributed by atoms with Crippen LogP contribution in [0.1, 0.15) is 37.8 Å². The number of hydrogen-bond donors (Lipinski definition) is 2. The highest BCUT2D eigenvalue weighted by Gasteiger charge is 2.42. The Balaban J connectivity index is 2.19. The second-order valence-electron chi connectivity index (χ2n) is 5.15. The lowest BCUT2D eigenvalue weighted by Gasteiger charge is -2.34. The number of aromatic nitrogens is 1. The van der Waals surface area contributed by atoms with Gasteiger partial charge in [-0.1, -0.05) is 31.5 Å². The predicted molar refractivity (Wildman–Crippen MR) is 79.9 cm³/mol. The number of thiocarbonyl (C=S) groups is 1. The summed E-state index contributed by atoms with van der Waals surface area (Å²) in [6.07, 6.45) is 6.32. The quantitative estimate of drug-likeness (QED) is 0.833. The van der Waals surface area contributed by atoms with Crippen molar-refractivity contribution in [1.82, 2.24) is 4.98 Å². The lowest BCUT2D eigenvalue weighted by Crippen LogP contribution is -2.47. The number of nitrogens with two attached hydrogens (primary N) is 1. The number of carbonyl (C=O) groups excluding carboxylic acids is 1. The van der Waals surface area contributed by atoms with E-state index in [1.165, 1.54) is 0 Å². The number of rotatable bonds is 3. The van der Waals surface area contributed by atoms with E-state index in [0.717, 1.165) is 43.5 Å². The van der Waals surface area contributed by atoms with Crippen LogP contribution in [0.25, 0.3) is 0 Å². The SMILES string of the molecule is Cc1cc(NC(=O)C2(C(N)=S)CCCCC2)ccn1. The van der Waals surface area contributed by atoms with Gasteiger partial charge in [-0.05, 0) is 31.9 Å². The Morgan fingerprint density at radius 1 is 1.42 bits per heavy atom. The van der Waals surface area contributed by atoms with Crippen LogP contribution in [-0.2, 0) is 4.79 Å². The Labute approximate surface area is 118 Å². The Hall–Kier alpha value is -1.49. The maximum absolute atomic E-state index is 12.5. The molecule has 0 bridgehead atoms. The van der Waals surface area contributed by atoms with Gasteiger partial charge >= 0.3 is 0 Å². The minimum atomic E-state index is -0.676. The van der Waals surface area contributed by atoms with Gasteiger partial charge in [0.1, 0.15) is 0 Å². The topological polar surface area (TPSA) is 68.0 Å². The summed E-state index contributed by atoms with van der Waals surface area (Å²) in [6.45, 7) is 1.89. The molecule has 0 saturated heterocycles. The Morgan fingerprint density at radius 3 is 2.68 bits per heavy atom. The fraction of sp³-hybridized carbons (Fsp3) is 0.500. The molecule has 5 heteroatoms. The highest BCUT2D eigenvalue weighted by atomic mass is 32.1. The maximum Gasteiger partial charge on any atom is 0.237 e. The van der Waals surface area contributed by atoms with Crippen LogP contribution in [0.3, 0.4) is 0 Å². The summed E-state index contributed by atoms with van der Waals surface area (Å²) in [5.41, 5.74) is 6.78. The molecule has 1 heterocycles. The molecule has 3 N–H and O–H groups in total. The van der Waals surface area contributed by atoms with Gasteiger partial charge in [0.25, 0.3) is 0 Å². The number of anilines is 1. The number of nitrogens with one attached hydrogen (secondary N) is 1. The number of pyridine rings is 1. The summed E-state index contributed by atoms with van der Waals surface area (Å²) in [7, 11) is 0. The summed E-state index contributed by atoms with van der Waals surface area (Å²) in [5, 5.41) is 2.93. The van der Waals surface area contributed by atoms with Crippen LogP contribution >= 0.6 is 12.2 Å². The molecule has 0 aliphatic heterocycles. The zero-order chi connectivity index (χ0) is 13.9. The molecule has 19 heavy (non-hydrogen) atoms. The maximum atomic E-state index is 12.5. The van der Waals surface area contributed by atoms with Crippen LogP contribution in [0, 0.1) is 12.3 Å². The van der Waals surface area contributed by atoms with E-state index in [4.69, 9.17) is 18.0 Å². The van der Waals surface area contributed by atoms with Crippen LogP contribution in [-0.4, -0.2) is 15.9 Å². The van der Waals surface area contributed by atoms with Crippen molar-refractivity contribution in [3.05, 3.63) is 24.0 Å². The minimum Gasteiger partial charge on any atom is -0.392 e. The van der Waals surface area contributed by atoms with Crippen molar-refractivity contribution in [3.63, 3.8) is 0 Å². The first-order valence-corrected chi connectivity index (χ1v) is 6.99. The Morgan fingerprint density at radius 2 is 2.11 bits per heavy atom. The molecule has 0 spiro atoms. The molecule has 0 atom stereocenters. The van der Waals surface area contributed by atoms with Gasteiger partial charge in [-0.15, -0.1) is 0 Å². The lowest BCUT2D eigenvalue weighted by molar-refractivity contribution is -0.123. The average Bonchev–Trinajstić information content (AvgIpc) is 2.39. The van der Waals surface area contributed by atoms with E-state index in [1.54, 1.807) is 12.3 Å². The zero-order valence-electron chi connectivity index (χ0n) is 11.1. The van der Waals surface area contributed by atoms with Gasteiger partial charge in [-0.25, -0.2) is 0 Å². The summed E-state index contributed by atoms with van der Waals surface area (Å²) < 4.78 is 0. The smallest absolute Gasteiger partial charge is 0.237 e. The van der Waals surface area contributed by atoms with E-state index >= 15 is 0 Å². The largest absolute Gasteiger partial charge is 0.392 e. The first-order valence-electron chi connectivity index (χ1n) is 6.59. The van der Waals surface area contributed by atoms with Gasteiger partial charge in [0.05, 0.1) is 10.4 Å². The van der Waals surface area contributed by atoms with E-state index < -0.39 is 5.41 Å². The second-order valence-corrected chi connectivity index (χ2v) is 5.59. The third-order valence-electron chi connectivity index (χ3n) is 3.77. The third-order valence-corrected chi connectivity index (χ3v) is 4.16. The van der Waals surface area contributed by atoms with E-state index in [1.807, 2.05) is 13.0 Å². The van der Waals surface area contributed by atoms with Gasteiger partial charge in [0.15, 0.2) is 0 Å². The highest BCUT2D eigenvalue weighted by molar-refractivity contribution is 7.80. The fourth-order valence-electron chi connectivity index (χ4n) is 2.61. The first-order chi connectivity index (χ1) is 9.04. The molecular formula is C14H19N3OS. The van der Waals surface area contributed by atoms with Crippen molar-refractivity contribution in [2.75, 3.05) is 5.32 Å². The Bertz CT molecular complexity index is 495. The summed E-state index contributed by atoms with van der Waals surface area (Å²) in [6, 6.07) is 3.62. The molecule has 1 aromatic rings.